The van der Waals surface area contributed by atoms with Gasteiger partial charge in [0.1, 0.15) is 0 Å². The second kappa shape index (κ2) is 11.0. The predicted molar refractivity (Wildman–Crippen MR) is 68.6 cm³/mol. The molecule has 15 heavy (non-hydrogen) atoms. The minimum atomic E-state index is 0. The first-order chi connectivity index (χ1) is 6.57. The fourth-order valence-corrected chi connectivity index (χ4v) is 1.23. The molecule has 0 aliphatic heterocycles. The molecule has 0 spiro atoms. The summed E-state index contributed by atoms with van der Waals surface area (Å²) in [5, 5.41) is 0. The zero-order chi connectivity index (χ0) is 11.0. The molecule has 0 aromatic heterocycles. The van der Waals surface area contributed by atoms with Gasteiger partial charge >= 0.3 is 0 Å². The molecular formula is C10H20B3NRu. The third kappa shape index (κ3) is 10.8. The molecule has 0 fully saturated rings. The fourth-order valence-electron chi connectivity index (χ4n) is 1.23. The van der Waals surface area contributed by atoms with Crippen LogP contribution in [0, 0.1) is 11.8 Å². The Hall–Kier alpha value is 0.488. The number of aliphatic imine (C=N–C) groups is 1. The smallest absolute Gasteiger partial charge is 0.0545 e. The van der Waals surface area contributed by atoms with Crippen LogP contribution in [0.1, 0.15) is 34.1 Å². The van der Waals surface area contributed by atoms with Gasteiger partial charge in [-0.25, -0.2) is 0 Å². The third-order valence-electron chi connectivity index (χ3n) is 2.11. The van der Waals surface area contributed by atoms with E-state index in [-0.39, 0.29) is 19.5 Å². The van der Waals surface area contributed by atoms with E-state index in [9.17, 15) is 0 Å². The van der Waals surface area contributed by atoms with Crippen molar-refractivity contribution in [1.82, 2.24) is 0 Å². The van der Waals surface area contributed by atoms with E-state index in [1.807, 2.05) is 7.17 Å². The Balaban J connectivity index is 0. The Bertz CT molecular complexity index is 163. The normalized spacial score (nSPS) is 12.9. The summed E-state index contributed by atoms with van der Waals surface area (Å²) in [4.78, 5) is 4.59. The van der Waals surface area contributed by atoms with E-state index in [0.717, 1.165) is 12.7 Å². The van der Waals surface area contributed by atoms with Crippen LogP contribution in [0.25, 0.3) is 0 Å². The Morgan fingerprint density at radius 3 is 2.27 bits per heavy atom. The molecule has 0 aliphatic carbocycles. The van der Waals surface area contributed by atoms with Gasteiger partial charge in [-0.1, -0.05) is 34.0 Å². The molecule has 0 N–H and O–H groups in total. The maximum absolute atomic E-state index is 5.29. The van der Waals surface area contributed by atoms with E-state index in [2.05, 4.69) is 38.9 Å². The minimum absolute atomic E-state index is 0. The van der Waals surface area contributed by atoms with E-state index in [1.54, 1.807) is 7.06 Å². The van der Waals surface area contributed by atoms with Gasteiger partial charge in [0.15, 0.2) is 0 Å². The van der Waals surface area contributed by atoms with E-state index in [1.165, 1.54) is 0 Å². The van der Waals surface area contributed by atoms with Crippen molar-refractivity contribution in [2.45, 2.75) is 46.5 Å². The maximum Gasteiger partial charge on any atom is 0.0545 e. The van der Waals surface area contributed by atoms with Crippen molar-refractivity contribution in [1.29, 1.82) is 0 Å². The second-order valence-corrected chi connectivity index (χ2v) is 4.36. The summed E-state index contributed by atoms with van der Waals surface area (Å²) in [5.41, 5.74) is 0. The molecule has 0 amide bonds. The molecule has 0 saturated carbocycles. The third-order valence-corrected chi connectivity index (χ3v) is 2.11. The average Bonchev–Trinajstić information content (AvgIpc) is 2.10. The van der Waals surface area contributed by atoms with Crippen molar-refractivity contribution in [3.8, 4) is 0 Å². The van der Waals surface area contributed by atoms with Gasteiger partial charge in [-0.2, -0.15) is 0 Å². The summed E-state index contributed by atoms with van der Waals surface area (Å²) in [6.45, 7) is 8.74. The molecule has 1 nitrogen and oxygen atoms in total. The van der Waals surface area contributed by atoms with Crippen molar-refractivity contribution in [3.05, 3.63) is 0 Å². The Labute approximate surface area is 111 Å². The molecule has 0 rings (SSSR count). The molecule has 1 unspecified atom stereocenters. The van der Waals surface area contributed by atoms with Crippen LogP contribution >= 0.6 is 0 Å². The molecule has 0 aliphatic rings. The van der Waals surface area contributed by atoms with Crippen LogP contribution in [0.5, 0.6) is 0 Å². The summed E-state index contributed by atoms with van der Waals surface area (Å²) in [7, 11) is 8.91. The SMILES string of the molecule is [B][B][B]CCC(N=CC(C)C)C(C)C.[Ru]. The van der Waals surface area contributed by atoms with Gasteiger partial charge in [-0.15, -0.1) is 0 Å². The van der Waals surface area contributed by atoms with Crippen molar-refractivity contribution in [2.24, 2.45) is 16.8 Å². The standard InChI is InChI=1S/C10H20B3N.Ru/c1-8(2)7-14-10(9(3)4)5-6-12-13-11;/h7-10H,5-6H2,1-4H3;. The second-order valence-electron chi connectivity index (χ2n) is 4.36. The first kappa shape index (κ1) is 17.9. The zero-order valence-corrected chi connectivity index (χ0v) is 12.0. The largest absolute Gasteiger partial charge is 0.294 e. The molecule has 0 aromatic carbocycles. The molecule has 82 valence electrons. The van der Waals surface area contributed by atoms with Gasteiger partial charge in [0.2, 0.25) is 0 Å². The molecule has 0 aromatic rings. The van der Waals surface area contributed by atoms with Gasteiger partial charge in [0.25, 0.3) is 0 Å². The van der Waals surface area contributed by atoms with Gasteiger partial charge in [-0.3, -0.25) is 4.99 Å². The Morgan fingerprint density at radius 2 is 1.87 bits per heavy atom. The summed E-state index contributed by atoms with van der Waals surface area (Å²) in [6, 6.07) is 0.439. The molecule has 1 atom stereocenters. The van der Waals surface area contributed by atoms with Crippen molar-refractivity contribution in [3.63, 3.8) is 0 Å². The van der Waals surface area contributed by atoms with Gasteiger partial charge < -0.3 is 0 Å². The predicted octanol–water partition coefficient (Wildman–Crippen LogP) is 1.95. The summed E-state index contributed by atoms with van der Waals surface area (Å²) >= 11 is 0. The molecule has 4 radical (unpaired) electrons. The van der Waals surface area contributed by atoms with Gasteiger partial charge in [-0.05, 0) is 18.3 Å². The molecule has 5 heteroatoms. The quantitative estimate of drug-likeness (QED) is 0.386. The summed E-state index contributed by atoms with van der Waals surface area (Å²) in [5.74, 6) is 1.15. The molecule has 0 saturated heterocycles. The van der Waals surface area contributed by atoms with Gasteiger partial charge in [0.05, 0.1) is 13.2 Å². The van der Waals surface area contributed by atoms with E-state index in [4.69, 9.17) is 7.74 Å². The fraction of sp³-hybridized carbons (Fsp3) is 0.900. The summed E-state index contributed by atoms with van der Waals surface area (Å²) < 4.78 is 0. The maximum atomic E-state index is 5.29. The minimum Gasteiger partial charge on any atom is -0.294 e. The zero-order valence-electron chi connectivity index (χ0n) is 10.3. The Morgan fingerprint density at radius 1 is 1.27 bits per heavy atom. The number of rotatable bonds is 7. The molecular weight excluding hydrogens is 268 g/mol. The van der Waals surface area contributed by atoms with Crippen molar-refractivity contribution < 1.29 is 19.5 Å². The Kier molecular flexibility index (Phi) is 13.1. The van der Waals surface area contributed by atoms with E-state index in [0.29, 0.717) is 17.9 Å². The van der Waals surface area contributed by atoms with Crippen molar-refractivity contribution >= 4 is 28.2 Å². The van der Waals surface area contributed by atoms with Crippen molar-refractivity contribution in [2.75, 3.05) is 0 Å². The topological polar surface area (TPSA) is 12.4 Å². The molecule has 0 bridgehead atoms. The first-order valence-electron chi connectivity index (χ1n) is 5.48. The van der Waals surface area contributed by atoms with E-state index >= 15 is 0 Å². The van der Waals surface area contributed by atoms with E-state index < -0.39 is 0 Å². The van der Waals surface area contributed by atoms with Crippen LogP contribution in [0.15, 0.2) is 4.99 Å². The number of nitrogens with zero attached hydrogens (tertiary/aromatic N) is 1. The van der Waals surface area contributed by atoms with Crippen LogP contribution in [-0.2, 0) is 19.5 Å². The summed E-state index contributed by atoms with van der Waals surface area (Å²) in [6.07, 6.45) is 4.17. The average molecular weight is 288 g/mol. The van der Waals surface area contributed by atoms with Crippen LogP contribution in [0.3, 0.4) is 0 Å². The van der Waals surface area contributed by atoms with Crippen LogP contribution < -0.4 is 0 Å². The van der Waals surface area contributed by atoms with Crippen LogP contribution in [-0.4, -0.2) is 34.2 Å². The van der Waals surface area contributed by atoms with Crippen LogP contribution in [0.4, 0.5) is 0 Å². The van der Waals surface area contributed by atoms with Gasteiger partial charge in [0, 0.05) is 40.5 Å². The number of hydrogen-bond donors (Lipinski definition) is 0. The first-order valence-corrected chi connectivity index (χ1v) is 5.48. The van der Waals surface area contributed by atoms with Crippen LogP contribution in [0.2, 0.25) is 6.32 Å². The molecule has 0 heterocycles. The monoisotopic (exact) mass is 289 g/mol. The number of hydrogen-bond acceptors (Lipinski definition) is 1.